The Morgan fingerprint density at radius 1 is 0.979 bits per heavy atom. The quantitative estimate of drug-likeness (QED) is 0.350. The van der Waals surface area contributed by atoms with Gasteiger partial charge in [-0.05, 0) is 89.5 Å². The molecular weight excluding hydrogens is 604 g/mol. The highest BCUT2D eigenvalue weighted by molar-refractivity contribution is 6.24. The summed E-state index contributed by atoms with van der Waals surface area (Å²) in [5.41, 5.74) is 5.10. The molecule has 1 aliphatic heterocycles. The first-order valence-corrected chi connectivity index (χ1v) is 15.8. The van der Waals surface area contributed by atoms with Crippen molar-refractivity contribution >= 4 is 35.2 Å². The number of amides is 2. The summed E-state index contributed by atoms with van der Waals surface area (Å²) < 4.78 is 25.8. The van der Waals surface area contributed by atoms with Crippen LogP contribution in [0, 0.1) is 27.7 Å². The molecule has 11 heteroatoms. The van der Waals surface area contributed by atoms with Crippen LogP contribution in [0.3, 0.4) is 0 Å². The van der Waals surface area contributed by atoms with Crippen molar-refractivity contribution in [1.29, 1.82) is 0 Å². The number of carbonyl (C=O) groups is 4. The fraction of sp³-hybridized carbons (Fsp3) is 0.500. The van der Waals surface area contributed by atoms with Gasteiger partial charge in [-0.3, -0.25) is 14.5 Å². The third kappa shape index (κ3) is 8.58. The molecule has 0 aromatic heterocycles. The predicted molar refractivity (Wildman–Crippen MR) is 178 cm³/mol. The Bertz CT molecular complexity index is 1470. The van der Waals surface area contributed by atoms with E-state index in [0.29, 0.717) is 24.2 Å². The molecule has 0 bridgehead atoms. The van der Waals surface area contributed by atoms with Gasteiger partial charge in [-0.2, -0.15) is 0 Å². The third-order valence-electron chi connectivity index (χ3n) is 8.62. The van der Waals surface area contributed by atoms with E-state index in [2.05, 4.69) is 5.32 Å². The number of hydrogen-bond acceptors (Lipinski definition) is 9. The number of nitrogens with zero attached hydrogens (tertiary/aromatic N) is 1. The average Bonchev–Trinajstić information content (AvgIpc) is 3.29. The van der Waals surface area contributed by atoms with Crippen molar-refractivity contribution < 1.29 is 42.9 Å². The van der Waals surface area contributed by atoms with Crippen LogP contribution < -0.4 is 10.2 Å². The minimum Gasteiger partial charge on any atom is -0.467 e. The van der Waals surface area contributed by atoms with Crippen molar-refractivity contribution in [2.45, 2.75) is 84.9 Å². The van der Waals surface area contributed by atoms with Gasteiger partial charge in [0.1, 0.15) is 18.4 Å². The summed E-state index contributed by atoms with van der Waals surface area (Å²) in [6.45, 7) is 11.2. The maximum Gasteiger partial charge on any atom is 0.513 e. The normalized spacial score (nSPS) is 19.3. The lowest BCUT2D eigenvalue weighted by Crippen LogP contribution is -2.49. The molecule has 1 spiro atoms. The van der Waals surface area contributed by atoms with Crippen molar-refractivity contribution in [1.82, 2.24) is 5.32 Å². The first-order chi connectivity index (χ1) is 22.3. The van der Waals surface area contributed by atoms with Gasteiger partial charge in [0.2, 0.25) is 0 Å². The molecule has 1 heterocycles. The summed E-state index contributed by atoms with van der Waals surface area (Å²) in [6.07, 6.45) is 2.25. The topological polar surface area (TPSA) is 130 Å². The molecule has 2 amide bonds. The third-order valence-corrected chi connectivity index (χ3v) is 8.62. The van der Waals surface area contributed by atoms with Crippen molar-refractivity contribution in [2.24, 2.45) is 0 Å². The second kappa shape index (κ2) is 16.6. The Labute approximate surface area is 277 Å². The van der Waals surface area contributed by atoms with Crippen molar-refractivity contribution in [3.05, 3.63) is 70.0 Å². The average molecular weight is 653 g/mol. The summed E-state index contributed by atoms with van der Waals surface area (Å²) >= 11 is 0. The smallest absolute Gasteiger partial charge is 0.467 e. The number of anilines is 1. The van der Waals surface area contributed by atoms with E-state index in [1.807, 2.05) is 64.1 Å². The number of carbonyl (C=O) groups excluding carboxylic acids is 4. The molecular formula is C36H48N2O9. The molecule has 256 valence electrons. The highest BCUT2D eigenvalue weighted by atomic mass is 16.7. The summed E-state index contributed by atoms with van der Waals surface area (Å²) in [6, 6.07) is 10.9. The molecule has 11 nitrogen and oxygen atoms in total. The molecule has 2 aliphatic rings. The van der Waals surface area contributed by atoms with Crippen LogP contribution in [0.4, 0.5) is 10.5 Å². The fourth-order valence-corrected chi connectivity index (χ4v) is 6.17. The van der Waals surface area contributed by atoms with Crippen molar-refractivity contribution in [2.75, 3.05) is 39.4 Å². The van der Waals surface area contributed by atoms with Crippen LogP contribution >= 0.6 is 0 Å². The van der Waals surface area contributed by atoms with Gasteiger partial charge in [-0.1, -0.05) is 42.0 Å². The predicted octanol–water partition coefficient (Wildman–Crippen LogP) is 5.49. The SMILES string of the molecule is CCOC(=O)OC1=C(c2cc(C)ccc2C)C(=O)N[C@]12CC[C@@H](OC)CC2.COCC(=O)N(c1c(C)cccc1C)[C@H](C)C(=O)OC. The molecule has 1 saturated carbocycles. The van der Waals surface area contributed by atoms with E-state index in [9.17, 15) is 19.2 Å². The molecule has 2 aromatic carbocycles. The second-order valence-electron chi connectivity index (χ2n) is 11.9. The van der Waals surface area contributed by atoms with Gasteiger partial charge in [0.15, 0.2) is 0 Å². The van der Waals surface area contributed by atoms with E-state index in [0.717, 1.165) is 46.3 Å². The van der Waals surface area contributed by atoms with Crippen LogP contribution in [-0.2, 0) is 38.1 Å². The van der Waals surface area contributed by atoms with E-state index >= 15 is 0 Å². The zero-order valence-electron chi connectivity index (χ0n) is 29.0. The summed E-state index contributed by atoms with van der Waals surface area (Å²) in [4.78, 5) is 50.7. The number of aryl methyl sites for hydroxylation is 4. The van der Waals surface area contributed by atoms with Crippen LogP contribution in [0.1, 0.15) is 67.3 Å². The lowest BCUT2D eigenvalue weighted by Gasteiger charge is -2.37. The van der Waals surface area contributed by atoms with Gasteiger partial charge in [0, 0.05) is 14.2 Å². The Morgan fingerprint density at radius 2 is 1.62 bits per heavy atom. The highest BCUT2D eigenvalue weighted by Crippen LogP contribution is 2.44. The van der Waals surface area contributed by atoms with E-state index in [4.69, 9.17) is 23.7 Å². The number of esters is 1. The molecule has 2 aromatic rings. The summed E-state index contributed by atoms with van der Waals surface area (Å²) in [5.74, 6) is -0.562. The van der Waals surface area contributed by atoms with E-state index in [1.54, 1.807) is 21.0 Å². The van der Waals surface area contributed by atoms with Crippen molar-refractivity contribution in [3.63, 3.8) is 0 Å². The van der Waals surface area contributed by atoms with Gasteiger partial charge in [-0.25, -0.2) is 9.59 Å². The maximum absolute atomic E-state index is 13.0. The first kappa shape index (κ1) is 37.2. The molecule has 1 fully saturated rings. The minimum atomic E-state index is -0.778. The minimum absolute atomic E-state index is 0.0882. The van der Waals surface area contributed by atoms with Crippen LogP contribution in [0.15, 0.2) is 42.2 Å². The fourth-order valence-electron chi connectivity index (χ4n) is 6.17. The number of benzene rings is 2. The molecule has 0 radical (unpaired) electrons. The van der Waals surface area contributed by atoms with Gasteiger partial charge in [0.05, 0.1) is 36.6 Å². The summed E-state index contributed by atoms with van der Waals surface area (Å²) in [5, 5.41) is 3.11. The second-order valence-corrected chi connectivity index (χ2v) is 11.9. The van der Waals surface area contributed by atoms with Gasteiger partial charge < -0.3 is 29.0 Å². The molecule has 1 atom stereocenters. The first-order valence-electron chi connectivity index (χ1n) is 15.8. The number of ether oxygens (including phenoxy) is 5. The molecule has 0 saturated heterocycles. The van der Waals surface area contributed by atoms with Gasteiger partial charge >= 0.3 is 12.1 Å². The monoisotopic (exact) mass is 652 g/mol. The lowest BCUT2D eigenvalue weighted by molar-refractivity contribution is -0.143. The number of para-hydroxylation sites is 1. The standard InChI is InChI=1S/C21H27NO5.C15H21NO4/c1-5-26-20(24)27-18-17(16-12-13(2)6-7-14(16)3)19(23)22-21(18)10-8-15(25-4)9-11-21;1-10-7-6-8-11(2)14(10)16(13(17)9-19-4)12(3)15(18)20-5/h6-7,12,15H,5,8-11H2,1-4H3,(H,22,23);6-8,12H,9H2,1-5H3/t15-,21+;12-/m.1/s1. The Kier molecular flexibility index (Phi) is 13.1. The largest absolute Gasteiger partial charge is 0.513 e. The zero-order chi connectivity index (χ0) is 34.9. The van der Waals surface area contributed by atoms with Crippen LogP contribution in [0.25, 0.3) is 5.57 Å². The molecule has 4 rings (SSSR count). The van der Waals surface area contributed by atoms with Crippen molar-refractivity contribution in [3.8, 4) is 0 Å². The van der Waals surface area contributed by atoms with Crippen LogP contribution in [0.2, 0.25) is 0 Å². The Morgan fingerprint density at radius 3 is 2.17 bits per heavy atom. The molecule has 47 heavy (non-hydrogen) atoms. The number of hydrogen-bond donors (Lipinski definition) is 1. The molecule has 1 aliphatic carbocycles. The van der Waals surface area contributed by atoms with Crippen LogP contribution in [-0.4, -0.2) is 76.2 Å². The maximum atomic E-state index is 13.0. The number of rotatable bonds is 9. The van der Waals surface area contributed by atoms with Crippen LogP contribution in [0.5, 0.6) is 0 Å². The molecule has 1 N–H and O–H groups in total. The summed E-state index contributed by atoms with van der Waals surface area (Å²) in [7, 11) is 4.45. The van der Waals surface area contributed by atoms with E-state index < -0.39 is 23.7 Å². The van der Waals surface area contributed by atoms with Gasteiger partial charge in [0.25, 0.3) is 11.8 Å². The van der Waals surface area contributed by atoms with E-state index in [1.165, 1.54) is 19.1 Å². The molecule has 0 unspecified atom stereocenters. The van der Waals surface area contributed by atoms with E-state index in [-0.39, 0.29) is 31.1 Å². The number of nitrogens with one attached hydrogen (secondary N) is 1. The Balaban J connectivity index is 0.000000268. The Hall–Kier alpha value is -4.22. The lowest BCUT2D eigenvalue weighted by atomic mass is 9.79. The zero-order valence-corrected chi connectivity index (χ0v) is 29.0. The highest BCUT2D eigenvalue weighted by Gasteiger charge is 2.50. The van der Waals surface area contributed by atoms with Gasteiger partial charge in [-0.15, -0.1) is 0 Å². The number of methoxy groups -OCH3 is 3.